The lowest BCUT2D eigenvalue weighted by molar-refractivity contribution is -0.128. The third-order valence-electron chi connectivity index (χ3n) is 2.88. The zero-order valence-electron chi connectivity index (χ0n) is 9.96. The smallest absolute Gasteiger partial charge is 0.347 e. The van der Waals surface area contributed by atoms with E-state index >= 15 is 0 Å². The van der Waals surface area contributed by atoms with E-state index in [4.69, 9.17) is 5.11 Å². The molecule has 7 heteroatoms. The lowest BCUT2D eigenvalue weighted by atomic mass is 10.2. The number of carbonyl (C=O) groups excluding carboxylic acids is 1. The Labute approximate surface area is 113 Å². The standard InChI is InChI=1S/C11H14N2O3S2/c1-7-2-3-9(14)13(7)4-5-17-11-12-6-8(18-11)10(15)16/h6-7H,2-5H2,1H3,(H,15,16). The number of nitrogens with zero attached hydrogens (tertiary/aromatic N) is 2. The van der Waals surface area contributed by atoms with Gasteiger partial charge >= 0.3 is 5.97 Å². The van der Waals surface area contributed by atoms with Gasteiger partial charge in [0.15, 0.2) is 4.34 Å². The molecule has 0 saturated carbocycles. The van der Waals surface area contributed by atoms with Crippen LogP contribution in [0.1, 0.15) is 29.4 Å². The van der Waals surface area contributed by atoms with Gasteiger partial charge in [-0.05, 0) is 13.3 Å². The van der Waals surface area contributed by atoms with E-state index in [-0.39, 0.29) is 10.8 Å². The van der Waals surface area contributed by atoms with Crippen LogP contribution in [0.2, 0.25) is 0 Å². The molecule has 1 aliphatic rings. The first kappa shape index (κ1) is 13.4. The fraction of sp³-hybridized carbons (Fsp3) is 0.545. The molecule has 0 aliphatic carbocycles. The summed E-state index contributed by atoms with van der Waals surface area (Å²) >= 11 is 2.67. The Kier molecular flexibility index (Phi) is 4.23. The molecule has 1 saturated heterocycles. The lowest BCUT2D eigenvalue weighted by Gasteiger charge is -2.20. The summed E-state index contributed by atoms with van der Waals surface area (Å²) in [5, 5.41) is 8.77. The second-order valence-corrected chi connectivity index (χ2v) is 6.49. The molecule has 0 spiro atoms. The van der Waals surface area contributed by atoms with Crippen molar-refractivity contribution in [1.29, 1.82) is 0 Å². The minimum Gasteiger partial charge on any atom is -0.477 e. The highest BCUT2D eigenvalue weighted by molar-refractivity contribution is 8.01. The zero-order valence-corrected chi connectivity index (χ0v) is 11.6. The highest BCUT2D eigenvalue weighted by Crippen LogP contribution is 2.25. The van der Waals surface area contributed by atoms with E-state index in [1.165, 1.54) is 29.3 Å². The van der Waals surface area contributed by atoms with Crippen molar-refractivity contribution < 1.29 is 14.7 Å². The van der Waals surface area contributed by atoms with Gasteiger partial charge in [0.05, 0.1) is 6.20 Å². The Balaban J connectivity index is 1.81. The van der Waals surface area contributed by atoms with E-state index in [2.05, 4.69) is 11.9 Å². The van der Waals surface area contributed by atoms with Crippen LogP contribution in [0.4, 0.5) is 0 Å². The number of hydrogen-bond donors (Lipinski definition) is 1. The van der Waals surface area contributed by atoms with Crippen LogP contribution in [-0.4, -0.2) is 45.2 Å². The summed E-state index contributed by atoms with van der Waals surface area (Å²) in [6.45, 7) is 2.76. The molecule has 98 valence electrons. The summed E-state index contributed by atoms with van der Waals surface area (Å²) in [5.41, 5.74) is 0. The van der Waals surface area contributed by atoms with Gasteiger partial charge in [0.2, 0.25) is 5.91 Å². The van der Waals surface area contributed by atoms with Gasteiger partial charge in [0, 0.05) is 24.8 Å². The summed E-state index contributed by atoms with van der Waals surface area (Å²) < 4.78 is 0.742. The van der Waals surface area contributed by atoms with Crippen molar-refractivity contribution in [2.75, 3.05) is 12.3 Å². The van der Waals surface area contributed by atoms with Gasteiger partial charge in [-0.1, -0.05) is 11.8 Å². The van der Waals surface area contributed by atoms with E-state index < -0.39 is 5.97 Å². The van der Waals surface area contributed by atoms with Gasteiger partial charge in [-0.2, -0.15) is 0 Å². The molecule has 5 nitrogen and oxygen atoms in total. The first-order chi connectivity index (χ1) is 8.58. The molecule has 2 rings (SSSR count). The number of thiazole rings is 1. The van der Waals surface area contributed by atoms with Crippen LogP contribution < -0.4 is 0 Å². The van der Waals surface area contributed by atoms with E-state index in [0.717, 1.165) is 16.5 Å². The normalized spacial score (nSPS) is 19.5. The molecule has 0 aromatic carbocycles. The van der Waals surface area contributed by atoms with Gasteiger partial charge in [0.1, 0.15) is 4.88 Å². The van der Waals surface area contributed by atoms with Crippen molar-refractivity contribution in [3.8, 4) is 0 Å². The molecule has 1 aromatic heterocycles. The molecule has 1 aliphatic heterocycles. The van der Waals surface area contributed by atoms with Crippen molar-refractivity contribution in [2.24, 2.45) is 0 Å². The van der Waals surface area contributed by atoms with E-state index in [0.29, 0.717) is 19.0 Å². The fourth-order valence-electron chi connectivity index (χ4n) is 1.88. The second-order valence-electron chi connectivity index (χ2n) is 4.12. The third kappa shape index (κ3) is 3.02. The van der Waals surface area contributed by atoms with Crippen LogP contribution in [0.15, 0.2) is 10.5 Å². The predicted octanol–water partition coefficient (Wildman–Crippen LogP) is 1.94. The first-order valence-electron chi connectivity index (χ1n) is 5.69. The number of carboxylic acids is 1. The summed E-state index contributed by atoms with van der Waals surface area (Å²) in [5.74, 6) is 0.0269. The topological polar surface area (TPSA) is 70.5 Å². The predicted molar refractivity (Wildman–Crippen MR) is 70.2 cm³/mol. The van der Waals surface area contributed by atoms with Crippen LogP contribution >= 0.6 is 23.1 Å². The molecule has 1 N–H and O–H groups in total. The SMILES string of the molecule is CC1CCC(=O)N1CCSc1ncc(C(=O)O)s1. The van der Waals surface area contributed by atoms with Crippen LogP contribution in [0, 0.1) is 0 Å². The maximum absolute atomic E-state index is 11.5. The summed E-state index contributed by atoms with van der Waals surface area (Å²) in [7, 11) is 0. The second kappa shape index (κ2) is 5.71. The van der Waals surface area contributed by atoms with E-state index in [9.17, 15) is 9.59 Å². The quantitative estimate of drug-likeness (QED) is 0.838. The Bertz CT molecular complexity index is 461. The van der Waals surface area contributed by atoms with Crippen molar-refractivity contribution in [3.05, 3.63) is 11.1 Å². The number of aromatic nitrogens is 1. The number of aromatic carboxylic acids is 1. The van der Waals surface area contributed by atoms with E-state index in [1.807, 2.05) is 4.90 Å². The Morgan fingerprint density at radius 3 is 3.06 bits per heavy atom. The van der Waals surface area contributed by atoms with Crippen molar-refractivity contribution in [3.63, 3.8) is 0 Å². The molecular formula is C11H14N2O3S2. The summed E-state index contributed by atoms with van der Waals surface area (Å²) in [6, 6.07) is 0.323. The third-order valence-corrected chi connectivity index (χ3v) is 5.00. The van der Waals surface area contributed by atoms with Gasteiger partial charge in [-0.25, -0.2) is 9.78 Å². The Hall–Kier alpha value is -1.08. The van der Waals surface area contributed by atoms with Crippen molar-refractivity contribution >= 4 is 35.0 Å². The Morgan fingerprint density at radius 1 is 1.72 bits per heavy atom. The number of hydrogen-bond acceptors (Lipinski definition) is 5. The number of rotatable bonds is 5. The highest BCUT2D eigenvalue weighted by atomic mass is 32.2. The van der Waals surface area contributed by atoms with Crippen LogP contribution in [0.5, 0.6) is 0 Å². The van der Waals surface area contributed by atoms with Gasteiger partial charge in [-0.15, -0.1) is 11.3 Å². The molecule has 1 aromatic rings. The zero-order chi connectivity index (χ0) is 13.1. The van der Waals surface area contributed by atoms with Crippen molar-refractivity contribution in [2.45, 2.75) is 30.1 Å². The average molecular weight is 286 g/mol. The van der Waals surface area contributed by atoms with Gasteiger partial charge in [0.25, 0.3) is 0 Å². The largest absolute Gasteiger partial charge is 0.477 e. The average Bonchev–Trinajstić information content (AvgIpc) is 2.90. The maximum Gasteiger partial charge on any atom is 0.347 e. The van der Waals surface area contributed by atoms with Crippen molar-refractivity contribution in [1.82, 2.24) is 9.88 Å². The number of carbonyl (C=O) groups is 2. The monoisotopic (exact) mass is 286 g/mol. The molecule has 18 heavy (non-hydrogen) atoms. The van der Waals surface area contributed by atoms with Crippen LogP contribution in [-0.2, 0) is 4.79 Å². The molecule has 1 amide bonds. The number of thioether (sulfide) groups is 1. The number of carboxylic acid groups (broad SMARTS) is 1. The molecule has 1 atom stereocenters. The molecular weight excluding hydrogens is 272 g/mol. The van der Waals surface area contributed by atoms with E-state index in [1.54, 1.807) is 0 Å². The van der Waals surface area contributed by atoms with Crippen LogP contribution in [0.3, 0.4) is 0 Å². The first-order valence-corrected chi connectivity index (χ1v) is 7.49. The summed E-state index contributed by atoms with van der Waals surface area (Å²) in [4.78, 5) is 28.4. The number of amides is 1. The highest BCUT2D eigenvalue weighted by Gasteiger charge is 2.26. The molecule has 0 bridgehead atoms. The van der Waals surface area contributed by atoms with Gasteiger partial charge < -0.3 is 10.0 Å². The Morgan fingerprint density at radius 2 is 2.50 bits per heavy atom. The van der Waals surface area contributed by atoms with Gasteiger partial charge in [-0.3, -0.25) is 4.79 Å². The molecule has 2 heterocycles. The minimum absolute atomic E-state index is 0.216. The molecule has 1 unspecified atom stereocenters. The molecule has 0 radical (unpaired) electrons. The molecule has 1 fully saturated rings. The van der Waals surface area contributed by atoms with Crippen LogP contribution in [0.25, 0.3) is 0 Å². The minimum atomic E-state index is -0.942. The maximum atomic E-state index is 11.5. The number of likely N-dealkylation sites (tertiary alicyclic amines) is 1. The fourth-order valence-corrected chi connectivity index (χ4v) is 3.71. The lowest BCUT2D eigenvalue weighted by Crippen LogP contribution is -2.32. The summed E-state index contributed by atoms with van der Waals surface area (Å²) in [6.07, 6.45) is 2.95.